The van der Waals surface area contributed by atoms with Crippen molar-refractivity contribution < 1.29 is 4.79 Å². The number of carbonyl (C=O) groups is 1. The first-order chi connectivity index (χ1) is 12.2. The lowest BCUT2D eigenvalue weighted by Crippen LogP contribution is -2.23. The van der Waals surface area contributed by atoms with E-state index >= 15 is 0 Å². The van der Waals surface area contributed by atoms with E-state index in [0.717, 1.165) is 23.4 Å². The molecule has 0 atom stereocenters. The first-order valence-electron chi connectivity index (χ1n) is 8.72. The summed E-state index contributed by atoms with van der Waals surface area (Å²) < 4.78 is 1.80. The first-order valence-corrected chi connectivity index (χ1v) is 8.72. The zero-order chi connectivity index (χ0) is 17.2. The van der Waals surface area contributed by atoms with E-state index in [-0.39, 0.29) is 5.91 Å². The Morgan fingerprint density at radius 1 is 1.08 bits per heavy atom. The van der Waals surface area contributed by atoms with Gasteiger partial charge in [-0.25, -0.2) is 4.68 Å². The molecular weight excluding hydrogens is 310 g/mol. The topological polar surface area (TPSA) is 46.9 Å². The Balaban J connectivity index is 1.47. The fourth-order valence-electron chi connectivity index (χ4n) is 3.42. The molecule has 25 heavy (non-hydrogen) atoms. The molecule has 1 aliphatic carbocycles. The second kappa shape index (κ2) is 6.55. The van der Waals surface area contributed by atoms with Crippen LogP contribution in [0.25, 0.3) is 5.69 Å². The fourth-order valence-corrected chi connectivity index (χ4v) is 3.42. The van der Waals surface area contributed by atoms with Crippen molar-refractivity contribution in [1.82, 2.24) is 15.1 Å². The van der Waals surface area contributed by atoms with Crippen LogP contribution in [0.15, 0.2) is 54.6 Å². The van der Waals surface area contributed by atoms with Crippen LogP contribution in [0.4, 0.5) is 0 Å². The minimum Gasteiger partial charge on any atom is -0.347 e. The van der Waals surface area contributed by atoms with E-state index in [1.165, 1.54) is 24.0 Å². The monoisotopic (exact) mass is 331 g/mol. The van der Waals surface area contributed by atoms with Crippen LogP contribution in [0.2, 0.25) is 0 Å². The second-order valence-electron chi connectivity index (χ2n) is 6.56. The number of hydrogen-bond acceptors (Lipinski definition) is 2. The molecule has 2 aromatic carbocycles. The Hall–Kier alpha value is -2.88. The highest BCUT2D eigenvalue weighted by Gasteiger charge is 2.14. The molecular formula is C21H21N3O. The van der Waals surface area contributed by atoms with Gasteiger partial charge in [0.15, 0.2) is 5.69 Å². The molecule has 1 aromatic heterocycles. The van der Waals surface area contributed by atoms with Gasteiger partial charge >= 0.3 is 0 Å². The van der Waals surface area contributed by atoms with Gasteiger partial charge in [-0.1, -0.05) is 36.4 Å². The number of benzene rings is 2. The molecule has 1 N–H and O–H groups in total. The van der Waals surface area contributed by atoms with Gasteiger partial charge in [-0.15, -0.1) is 0 Å². The summed E-state index contributed by atoms with van der Waals surface area (Å²) in [6, 6.07) is 18.2. The molecule has 3 aromatic rings. The van der Waals surface area contributed by atoms with E-state index < -0.39 is 0 Å². The standard InChI is InChI=1S/C21H21N3O/c1-15-12-20(23-24(15)19-8-3-2-4-9-19)21(25)22-14-16-10-11-17-6-5-7-18(17)13-16/h2-4,8-13H,5-7,14H2,1H3,(H,22,25). The molecule has 0 saturated heterocycles. The first kappa shape index (κ1) is 15.6. The number of fused-ring (bicyclic) bond motifs is 1. The normalized spacial score (nSPS) is 12.8. The van der Waals surface area contributed by atoms with Crippen molar-refractivity contribution in [3.8, 4) is 5.69 Å². The van der Waals surface area contributed by atoms with Crippen LogP contribution >= 0.6 is 0 Å². The number of para-hydroxylation sites is 1. The number of carbonyl (C=O) groups excluding carboxylic acids is 1. The zero-order valence-corrected chi connectivity index (χ0v) is 14.3. The van der Waals surface area contributed by atoms with Crippen molar-refractivity contribution in [3.05, 3.63) is 82.7 Å². The number of nitrogens with one attached hydrogen (secondary N) is 1. The van der Waals surface area contributed by atoms with Gasteiger partial charge in [0.25, 0.3) is 5.91 Å². The van der Waals surface area contributed by atoms with E-state index in [1.807, 2.05) is 43.3 Å². The summed E-state index contributed by atoms with van der Waals surface area (Å²) >= 11 is 0. The fraction of sp³-hybridized carbons (Fsp3) is 0.238. The SMILES string of the molecule is Cc1cc(C(=O)NCc2ccc3c(c2)CCC3)nn1-c1ccccc1. The van der Waals surface area contributed by atoms with E-state index in [9.17, 15) is 4.79 Å². The third-order valence-corrected chi connectivity index (χ3v) is 4.74. The highest BCUT2D eigenvalue weighted by molar-refractivity contribution is 5.92. The molecule has 1 amide bonds. The summed E-state index contributed by atoms with van der Waals surface area (Å²) in [4.78, 5) is 12.5. The van der Waals surface area contributed by atoms with Gasteiger partial charge in [0.05, 0.1) is 5.69 Å². The van der Waals surface area contributed by atoms with Crippen molar-refractivity contribution in [2.45, 2.75) is 32.7 Å². The van der Waals surface area contributed by atoms with Crippen LogP contribution in [0.5, 0.6) is 0 Å². The molecule has 0 bridgehead atoms. The summed E-state index contributed by atoms with van der Waals surface area (Å²) in [6.07, 6.45) is 3.57. The van der Waals surface area contributed by atoms with Gasteiger partial charge in [0, 0.05) is 12.2 Å². The van der Waals surface area contributed by atoms with Gasteiger partial charge in [-0.3, -0.25) is 4.79 Å². The van der Waals surface area contributed by atoms with E-state index in [4.69, 9.17) is 0 Å². The van der Waals surface area contributed by atoms with E-state index in [1.54, 1.807) is 4.68 Å². The molecule has 0 spiro atoms. The molecule has 1 aliphatic rings. The van der Waals surface area contributed by atoms with Crippen LogP contribution in [-0.4, -0.2) is 15.7 Å². The van der Waals surface area contributed by atoms with Gasteiger partial charge < -0.3 is 5.32 Å². The molecule has 0 saturated carbocycles. The highest BCUT2D eigenvalue weighted by atomic mass is 16.1. The van der Waals surface area contributed by atoms with Crippen LogP contribution in [0, 0.1) is 6.92 Å². The van der Waals surface area contributed by atoms with Gasteiger partial charge in [-0.2, -0.15) is 5.10 Å². The summed E-state index contributed by atoms with van der Waals surface area (Å²) in [7, 11) is 0. The Kier molecular flexibility index (Phi) is 4.10. The van der Waals surface area contributed by atoms with Crippen LogP contribution < -0.4 is 5.32 Å². The minimum atomic E-state index is -0.140. The highest BCUT2D eigenvalue weighted by Crippen LogP contribution is 2.22. The van der Waals surface area contributed by atoms with Crippen molar-refractivity contribution >= 4 is 5.91 Å². The number of amides is 1. The quantitative estimate of drug-likeness (QED) is 0.794. The second-order valence-corrected chi connectivity index (χ2v) is 6.56. The van der Waals surface area contributed by atoms with Crippen LogP contribution in [-0.2, 0) is 19.4 Å². The Morgan fingerprint density at radius 2 is 1.88 bits per heavy atom. The maximum Gasteiger partial charge on any atom is 0.272 e. The van der Waals surface area contributed by atoms with Crippen molar-refractivity contribution in [1.29, 1.82) is 0 Å². The number of aromatic nitrogens is 2. The number of nitrogens with zero attached hydrogens (tertiary/aromatic N) is 2. The molecule has 1 heterocycles. The Labute approximate surface area is 147 Å². The minimum absolute atomic E-state index is 0.140. The molecule has 0 aliphatic heterocycles. The van der Waals surface area contributed by atoms with Gasteiger partial charge in [-0.05, 0) is 61.1 Å². The number of hydrogen-bond donors (Lipinski definition) is 1. The third-order valence-electron chi connectivity index (χ3n) is 4.74. The summed E-state index contributed by atoms with van der Waals surface area (Å²) in [5.41, 5.74) is 6.37. The molecule has 0 fully saturated rings. The predicted octanol–water partition coefficient (Wildman–Crippen LogP) is 3.60. The lowest BCUT2D eigenvalue weighted by Gasteiger charge is -2.06. The Bertz CT molecular complexity index is 912. The van der Waals surface area contributed by atoms with Crippen molar-refractivity contribution in [2.24, 2.45) is 0 Å². The van der Waals surface area contributed by atoms with E-state index in [2.05, 4.69) is 28.6 Å². The smallest absolute Gasteiger partial charge is 0.272 e. The van der Waals surface area contributed by atoms with Crippen molar-refractivity contribution in [3.63, 3.8) is 0 Å². The molecule has 126 valence electrons. The molecule has 4 nitrogen and oxygen atoms in total. The average molecular weight is 331 g/mol. The molecule has 0 unspecified atom stereocenters. The lowest BCUT2D eigenvalue weighted by atomic mass is 10.1. The largest absolute Gasteiger partial charge is 0.347 e. The van der Waals surface area contributed by atoms with Crippen LogP contribution in [0.1, 0.15) is 39.3 Å². The predicted molar refractivity (Wildman–Crippen MR) is 97.9 cm³/mol. The summed E-state index contributed by atoms with van der Waals surface area (Å²) in [6.45, 7) is 2.49. The van der Waals surface area contributed by atoms with Gasteiger partial charge in [0.2, 0.25) is 0 Å². The lowest BCUT2D eigenvalue weighted by molar-refractivity contribution is 0.0945. The number of aryl methyl sites for hydroxylation is 3. The molecule has 0 radical (unpaired) electrons. The van der Waals surface area contributed by atoms with Crippen molar-refractivity contribution in [2.75, 3.05) is 0 Å². The molecule has 4 heteroatoms. The third kappa shape index (κ3) is 3.20. The Morgan fingerprint density at radius 3 is 2.72 bits per heavy atom. The van der Waals surface area contributed by atoms with Crippen LogP contribution in [0.3, 0.4) is 0 Å². The molecule has 4 rings (SSSR count). The van der Waals surface area contributed by atoms with Gasteiger partial charge in [0.1, 0.15) is 0 Å². The summed E-state index contributed by atoms with van der Waals surface area (Å²) in [5, 5.41) is 7.44. The zero-order valence-electron chi connectivity index (χ0n) is 14.3. The number of rotatable bonds is 4. The maximum atomic E-state index is 12.5. The summed E-state index contributed by atoms with van der Waals surface area (Å²) in [5.74, 6) is -0.140. The maximum absolute atomic E-state index is 12.5. The average Bonchev–Trinajstić information content (AvgIpc) is 3.26. The van der Waals surface area contributed by atoms with E-state index in [0.29, 0.717) is 12.2 Å².